The second-order valence-electron chi connectivity index (χ2n) is 8.93. The number of aromatic nitrogens is 1. The van der Waals surface area contributed by atoms with E-state index in [2.05, 4.69) is 55.4 Å². The fourth-order valence-corrected chi connectivity index (χ4v) is 4.08. The summed E-state index contributed by atoms with van der Waals surface area (Å²) in [6.07, 6.45) is 1.09. The van der Waals surface area contributed by atoms with E-state index in [0.29, 0.717) is 43.0 Å². The van der Waals surface area contributed by atoms with Gasteiger partial charge in [-0.15, -0.1) is 11.3 Å². The van der Waals surface area contributed by atoms with Gasteiger partial charge < -0.3 is 15.4 Å². The van der Waals surface area contributed by atoms with E-state index in [1.807, 2.05) is 17.5 Å². The number of hydrogen-bond acceptors (Lipinski definition) is 5. The van der Waals surface area contributed by atoms with E-state index in [1.165, 1.54) is 11.3 Å². The van der Waals surface area contributed by atoms with Crippen LogP contribution in [-0.4, -0.2) is 43.2 Å². The van der Waals surface area contributed by atoms with E-state index in [9.17, 15) is 9.59 Å². The van der Waals surface area contributed by atoms with Crippen LogP contribution in [0, 0.1) is 5.92 Å². The maximum absolute atomic E-state index is 12.5. The highest BCUT2D eigenvalue weighted by molar-refractivity contribution is 7.14. The number of nitrogens with one attached hydrogen (secondary N) is 2. The van der Waals surface area contributed by atoms with Gasteiger partial charge >= 0.3 is 6.03 Å². The van der Waals surface area contributed by atoms with E-state index < -0.39 is 0 Å². The van der Waals surface area contributed by atoms with Gasteiger partial charge in [0.15, 0.2) is 5.13 Å². The minimum atomic E-state index is -0.217. The molecule has 1 aromatic heterocycles. The van der Waals surface area contributed by atoms with Gasteiger partial charge in [-0.3, -0.25) is 9.69 Å². The summed E-state index contributed by atoms with van der Waals surface area (Å²) >= 11 is 1.39. The third-order valence-corrected chi connectivity index (χ3v) is 6.05. The molecule has 7 nitrogen and oxygen atoms in total. The molecule has 1 aliphatic rings. The lowest BCUT2D eigenvalue weighted by Gasteiger charge is -2.26. The molecule has 3 rings (SSSR count). The van der Waals surface area contributed by atoms with Crippen molar-refractivity contribution in [3.05, 3.63) is 40.9 Å². The number of hydrogen-bond donors (Lipinski definition) is 2. The molecular formula is C23H32N4O3S. The van der Waals surface area contributed by atoms with Crippen LogP contribution in [0.5, 0.6) is 5.75 Å². The Kier molecular flexibility index (Phi) is 7.54. The summed E-state index contributed by atoms with van der Waals surface area (Å²) in [6, 6.07) is 7.94. The van der Waals surface area contributed by atoms with Crippen LogP contribution in [-0.2, 0) is 16.6 Å². The van der Waals surface area contributed by atoms with E-state index in [4.69, 9.17) is 4.74 Å². The fourth-order valence-electron chi connectivity index (χ4n) is 3.23. The summed E-state index contributed by atoms with van der Waals surface area (Å²) in [7, 11) is 0. The lowest BCUT2D eigenvalue weighted by molar-refractivity contribution is -0.120. The molecule has 168 valence electrons. The first kappa shape index (κ1) is 23.1. The molecule has 0 radical (unpaired) electrons. The first-order valence-electron chi connectivity index (χ1n) is 10.7. The lowest BCUT2D eigenvalue weighted by atomic mass is 9.84. The molecule has 1 aliphatic heterocycles. The number of ether oxygens (including phenoxy) is 1. The minimum Gasteiger partial charge on any atom is -0.493 e. The summed E-state index contributed by atoms with van der Waals surface area (Å²) in [5.41, 5.74) is 1.60. The molecule has 0 saturated carbocycles. The molecular weight excluding hydrogens is 412 g/mol. The van der Waals surface area contributed by atoms with Gasteiger partial charge in [-0.25, -0.2) is 9.78 Å². The summed E-state index contributed by atoms with van der Waals surface area (Å²) in [6.45, 7) is 11.0. The maximum atomic E-state index is 12.5. The van der Waals surface area contributed by atoms with Crippen LogP contribution >= 0.6 is 11.3 Å². The Morgan fingerprint density at radius 3 is 2.74 bits per heavy atom. The zero-order chi connectivity index (χ0) is 22.4. The lowest BCUT2D eigenvalue weighted by Crippen LogP contribution is -2.46. The van der Waals surface area contributed by atoms with Crippen molar-refractivity contribution in [1.29, 1.82) is 0 Å². The smallest absolute Gasteiger partial charge is 0.323 e. The van der Waals surface area contributed by atoms with Crippen LogP contribution in [0.4, 0.5) is 9.93 Å². The van der Waals surface area contributed by atoms with Gasteiger partial charge in [0.2, 0.25) is 5.91 Å². The molecule has 0 bridgehead atoms. The number of urea groups is 1. The molecule has 0 aliphatic carbocycles. The Labute approximate surface area is 188 Å². The zero-order valence-electron chi connectivity index (χ0n) is 18.7. The number of carbonyl (C=O) groups is 2. The Bertz CT molecular complexity index is 892. The van der Waals surface area contributed by atoms with Crippen molar-refractivity contribution in [1.82, 2.24) is 15.6 Å². The number of nitrogens with zero attached hydrogens (tertiary/aromatic N) is 2. The highest BCUT2D eigenvalue weighted by Crippen LogP contribution is 2.25. The second-order valence-corrected chi connectivity index (χ2v) is 9.76. The molecule has 31 heavy (non-hydrogen) atoms. The number of benzene rings is 1. The van der Waals surface area contributed by atoms with Crippen LogP contribution in [0.3, 0.4) is 0 Å². The van der Waals surface area contributed by atoms with Crippen molar-refractivity contribution in [2.75, 3.05) is 31.1 Å². The predicted molar refractivity (Wildman–Crippen MR) is 124 cm³/mol. The zero-order valence-corrected chi connectivity index (χ0v) is 19.6. The van der Waals surface area contributed by atoms with Crippen molar-refractivity contribution in [3.8, 4) is 5.75 Å². The van der Waals surface area contributed by atoms with Crippen LogP contribution < -0.4 is 20.3 Å². The van der Waals surface area contributed by atoms with Gasteiger partial charge in [-0.05, 0) is 30.0 Å². The SMILES string of the molecule is CC(C)COc1ccc(C(C)(C)CNC(=O)Cc2csc(N3CCCNC3=O)n2)cc1. The fraction of sp³-hybridized carbons (Fsp3) is 0.522. The largest absolute Gasteiger partial charge is 0.493 e. The number of rotatable bonds is 9. The van der Waals surface area contributed by atoms with Gasteiger partial charge in [0.1, 0.15) is 5.75 Å². The second kappa shape index (κ2) is 10.1. The monoisotopic (exact) mass is 444 g/mol. The number of amides is 3. The van der Waals surface area contributed by atoms with Crippen molar-refractivity contribution in [2.45, 2.75) is 46.0 Å². The average Bonchev–Trinajstić information content (AvgIpc) is 3.19. The molecule has 1 fully saturated rings. The molecule has 0 unspecified atom stereocenters. The average molecular weight is 445 g/mol. The summed E-state index contributed by atoms with van der Waals surface area (Å²) in [5, 5.41) is 8.32. The molecule has 1 aromatic carbocycles. The normalized spacial score (nSPS) is 14.5. The molecule has 8 heteroatoms. The molecule has 0 atom stereocenters. The standard InChI is InChI=1S/C23H32N4O3S/c1-16(2)13-30-19-8-6-17(7-9-19)23(3,4)15-25-20(28)12-18-14-31-22(26-18)27-11-5-10-24-21(27)29/h6-9,14,16H,5,10-13,15H2,1-4H3,(H,24,29)(H,25,28). The van der Waals surface area contributed by atoms with E-state index >= 15 is 0 Å². The van der Waals surface area contributed by atoms with Crippen LogP contribution in [0.15, 0.2) is 29.6 Å². The predicted octanol–water partition coefficient (Wildman–Crippen LogP) is 3.73. The molecule has 2 aromatic rings. The summed E-state index contributed by atoms with van der Waals surface area (Å²) in [5.74, 6) is 1.26. The number of thiazole rings is 1. The molecule has 0 spiro atoms. The Balaban J connectivity index is 1.51. The first-order chi connectivity index (χ1) is 14.7. The third-order valence-electron chi connectivity index (χ3n) is 5.14. The minimum absolute atomic E-state index is 0.0788. The van der Waals surface area contributed by atoms with Crippen LogP contribution in [0.1, 0.15) is 45.4 Å². The van der Waals surface area contributed by atoms with Gasteiger partial charge in [-0.1, -0.05) is 39.8 Å². The Morgan fingerprint density at radius 2 is 2.06 bits per heavy atom. The maximum Gasteiger partial charge on any atom is 0.323 e. The first-order valence-corrected chi connectivity index (χ1v) is 11.6. The van der Waals surface area contributed by atoms with Crippen molar-refractivity contribution >= 4 is 28.4 Å². The quantitative estimate of drug-likeness (QED) is 0.617. The Morgan fingerprint density at radius 1 is 1.32 bits per heavy atom. The third kappa shape index (κ3) is 6.43. The number of anilines is 1. The van der Waals surface area contributed by atoms with E-state index in [0.717, 1.165) is 17.7 Å². The summed E-state index contributed by atoms with van der Waals surface area (Å²) in [4.78, 5) is 30.5. The number of carbonyl (C=O) groups excluding carboxylic acids is 2. The molecule has 3 amide bonds. The van der Waals surface area contributed by atoms with Crippen LogP contribution in [0.25, 0.3) is 0 Å². The Hall–Kier alpha value is -2.61. The molecule has 2 heterocycles. The highest BCUT2D eigenvalue weighted by Gasteiger charge is 2.24. The van der Waals surface area contributed by atoms with Crippen molar-refractivity contribution in [2.24, 2.45) is 5.92 Å². The van der Waals surface area contributed by atoms with Gasteiger partial charge in [0.25, 0.3) is 0 Å². The van der Waals surface area contributed by atoms with Gasteiger partial charge in [0.05, 0.1) is 18.7 Å². The van der Waals surface area contributed by atoms with Gasteiger partial charge in [-0.2, -0.15) is 0 Å². The van der Waals surface area contributed by atoms with E-state index in [1.54, 1.807) is 4.90 Å². The molecule has 1 saturated heterocycles. The summed E-state index contributed by atoms with van der Waals surface area (Å²) < 4.78 is 5.75. The van der Waals surface area contributed by atoms with E-state index in [-0.39, 0.29) is 23.8 Å². The van der Waals surface area contributed by atoms with Crippen molar-refractivity contribution < 1.29 is 14.3 Å². The molecule has 2 N–H and O–H groups in total. The van der Waals surface area contributed by atoms with Crippen LogP contribution in [0.2, 0.25) is 0 Å². The topological polar surface area (TPSA) is 83.6 Å². The van der Waals surface area contributed by atoms with Gasteiger partial charge in [0, 0.05) is 30.4 Å². The highest BCUT2D eigenvalue weighted by atomic mass is 32.1. The van der Waals surface area contributed by atoms with Crippen molar-refractivity contribution in [3.63, 3.8) is 0 Å².